The molecule has 0 aliphatic rings. The van der Waals surface area contributed by atoms with Gasteiger partial charge in [-0.1, -0.05) is 13.8 Å². The van der Waals surface area contributed by atoms with Crippen molar-refractivity contribution < 1.29 is 14.7 Å². The van der Waals surface area contributed by atoms with Crippen LogP contribution in [0.1, 0.15) is 39.5 Å². The smallest absolute Gasteiger partial charge is 0.314 e. The van der Waals surface area contributed by atoms with Gasteiger partial charge in [0.25, 0.3) is 0 Å². The Morgan fingerprint density at radius 2 is 1.70 bits per heavy atom. The minimum absolute atomic E-state index is 0.0728. The Balaban J connectivity index is 3.66. The van der Waals surface area contributed by atoms with Gasteiger partial charge in [0, 0.05) is 19.5 Å². The van der Waals surface area contributed by atoms with E-state index in [1.165, 1.54) is 0 Å². The average molecular weight is 287 g/mol. The van der Waals surface area contributed by atoms with Gasteiger partial charge < -0.3 is 20.6 Å². The zero-order valence-electron chi connectivity index (χ0n) is 13.2. The summed E-state index contributed by atoms with van der Waals surface area (Å²) < 4.78 is 0. The Morgan fingerprint density at radius 3 is 2.25 bits per heavy atom. The van der Waals surface area contributed by atoms with E-state index in [1.54, 1.807) is 0 Å². The van der Waals surface area contributed by atoms with E-state index in [9.17, 15) is 9.59 Å². The minimum atomic E-state index is -0.773. The zero-order chi connectivity index (χ0) is 15.6. The number of urea groups is 1. The standard InChI is InChI=1S/C14H29N3O3/c1-14(2,7-6-12(18)19)8-10-16-13(20)15-9-5-11-17(3)4/h5-11H2,1-4H3,(H,18,19)(H2,15,16,20). The predicted octanol–water partition coefficient (Wildman–Crippen LogP) is 1.52. The molecule has 0 heterocycles. The monoisotopic (exact) mass is 287 g/mol. The lowest BCUT2D eigenvalue weighted by Gasteiger charge is -2.23. The van der Waals surface area contributed by atoms with Crippen molar-refractivity contribution in [3.8, 4) is 0 Å². The molecule has 0 aliphatic carbocycles. The van der Waals surface area contributed by atoms with E-state index in [0.29, 0.717) is 19.5 Å². The summed E-state index contributed by atoms with van der Waals surface area (Å²) in [6.07, 6.45) is 2.48. The van der Waals surface area contributed by atoms with Crippen molar-refractivity contribution in [3.05, 3.63) is 0 Å². The third kappa shape index (κ3) is 11.8. The number of carboxylic acids is 1. The van der Waals surface area contributed by atoms with E-state index < -0.39 is 5.97 Å². The maximum Gasteiger partial charge on any atom is 0.314 e. The molecule has 3 N–H and O–H groups in total. The summed E-state index contributed by atoms with van der Waals surface area (Å²) >= 11 is 0. The van der Waals surface area contributed by atoms with Gasteiger partial charge in [0.2, 0.25) is 0 Å². The van der Waals surface area contributed by atoms with E-state index in [2.05, 4.69) is 15.5 Å². The van der Waals surface area contributed by atoms with Crippen molar-refractivity contribution in [3.63, 3.8) is 0 Å². The first-order chi connectivity index (χ1) is 9.23. The van der Waals surface area contributed by atoms with Crippen LogP contribution in [0.5, 0.6) is 0 Å². The molecule has 6 heteroatoms. The molecule has 0 aliphatic heterocycles. The molecule has 0 fully saturated rings. The molecule has 0 unspecified atom stereocenters. The number of nitrogens with one attached hydrogen (secondary N) is 2. The molecule has 0 atom stereocenters. The number of carbonyl (C=O) groups excluding carboxylic acids is 1. The Labute approximate surface area is 121 Å². The SMILES string of the molecule is CN(C)CCCNC(=O)NCCC(C)(C)CCC(=O)O. The third-order valence-electron chi connectivity index (χ3n) is 3.17. The van der Waals surface area contributed by atoms with E-state index in [0.717, 1.165) is 19.4 Å². The fraction of sp³-hybridized carbons (Fsp3) is 0.857. The zero-order valence-corrected chi connectivity index (χ0v) is 13.2. The van der Waals surface area contributed by atoms with Crippen molar-refractivity contribution in [2.75, 3.05) is 33.7 Å². The highest BCUT2D eigenvalue weighted by atomic mass is 16.4. The molecule has 20 heavy (non-hydrogen) atoms. The van der Waals surface area contributed by atoms with Crippen LogP contribution in [0, 0.1) is 5.41 Å². The van der Waals surface area contributed by atoms with Crippen LogP contribution >= 0.6 is 0 Å². The van der Waals surface area contributed by atoms with Crippen molar-refractivity contribution >= 4 is 12.0 Å². The summed E-state index contributed by atoms with van der Waals surface area (Å²) in [7, 11) is 4.00. The average Bonchev–Trinajstić information content (AvgIpc) is 2.32. The van der Waals surface area contributed by atoms with Crippen molar-refractivity contribution in [1.29, 1.82) is 0 Å². The van der Waals surface area contributed by atoms with Gasteiger partial charge in [-0.15, -0.1) is 0 Å². The van der Waals surface area contributed by atoms with Crippen LogP contribution in [-0.4, -0.2) is 55.7 Å². The van der Waals surface area contributed by atoms with Crippen LogP contribution in [-0.2, 0) is 4.79 Å². The molecule has 0 rings (SSSR count). The van der Waals surface area contributed by atoms with Crippen LogP contribution in [0.3, 0.4) is 0 Å². The summed E-state index contributed by atoms with van der Waals surface area (Å²) in [6, 6.07) is -0.155. The van der Waals surface area contributed by atoms with Crippen LogP contribution in [0.25, 0.3) is 0 Å². The highest BCUT2D eigenvalue weighted by Gasteiger charge is 2.19. The molecule has 0 saturated heterocycles. The maximum absolute atomic E-state index is 11.5. The normalized spacial score (nSPS) is 11.4. The maximum atomic E-state index is 11.5. The number of rotatable bonds is 10. The molecule has 2 amide bonds. The highest BCUT2D eigenvalue weighted by molar-refractivity contribution is 5.73. The molecule has 0 radical (unpaired) electrons. The van der Waals surface area contributed by atoms with Gasteiger partial charge in [0.15, 0.2) is 0 Å². The number of aliphatic carboxylic acids is 1. The van der Waals surface area contributed by atoms with Crippen LogP contribution in [0.2, 0.25) is 0 Å². The molecule has 0 spiro atoms. The van der Waals surface area contributed by atoms with Gasteiger partial charge in [-0.2, -0.15) is 0 Å². The Morgan fingerprint density at radius 1 is 1.10 bits per heavy atom. The lowest BCUT2D eigenvalue weighted by molar-refractivity contribution is -0.137. The largest absolute Gasteiger partial charge is 0.481 e. The first-order valence-electron chi connectivity index (χ1n) is 7.11. The number of carbonyl (C=O) groups is 2. The van der Waals surface area contributed by atoms with E-state index >= 15 is 0 Å². The van der Waals surface area contributed by atoms with E-state index in [4.69, 9.17) is 5.11 Å². The molecule has 0 aromatic rings. The lowest BCUT2D eigenvalue weighted by Crippen LogP contribution is -2.38. The quantitative estimate of drug-likeness (QED) is 0.532. The molecular formula is C14H29N3O3. The summed E-state index contributed by atoms with van der Waals surface area (Å²) in [6.45, 7) is 6.21. The molecule has 0 aromatic heterocycles. The Bertz CT molecular complexity index is 304. The number of hydrogen-bond donors (Lipinski definition) is 3. The predicted molar refractivity (Wildman–Crippen MR) is 79.8 cm³/mol. The molecule has 118 valence electrons. The first kappa shape index (κ1) is 18.7. The van der Waals surface area contributed by atoms with Crippen molar-refractivity contribution in [2.45, 2.75) is 39.5 Å². The Kier molecular flexibility index (Phi) is 8.96. The van der Waals surface area contributed by atoms with Crippen molar-refractivity contribution in [1.82, 2.24) is 15.5 Å². The molecule has 6 nitrogen and oxygen atoms in total. The molecular weight excluding hydrogens is 258 g/mol. The van der Waals surface area contributed by atoms with Crippen LogP contribution in [0.15, 0.2) is 0 Å². The number of carboxylic acid groups (broad SMARTS) is 1. The van der Waals surface area contributed by atoms with Gasteiger partial charge in [0.1, 0.15) is 0 Å². The summed E-state index contributed by atoms with van der Waals surface area (Å²) in [5.74, 6) is -0.773. The summed E-state index contributed by atoms with van der Waals surface area (Å²) in [4.78, 5) is 24.1. The van der Waals surface area contributed by atoms with Gasteiger partial charge in [0.05, 0.1) is 0 Å². The van der Waals surface area contributed by atoms with Gasteiger partial charge in [-0.3, -0.25) is 4.79 Å². The molecule has 0 saturated carbocycles. The second-order valence-corrected chi connectivity index (χ2v) is 6.15. The topological polar surface area (TPSA) is 81.7 Å². The van der Waals surface area contributed by atoms with Crippen LogP contribution < -0.4 is 10.6 Å². The highest BCUT2D eigenvalue weighted by Crippen LogP contribution is 2.25. The third-order valence-corrected chi connectivity index (χ3v) is 3.17. The van der Waals surface area contributed by atoms with E-state index in [1.807, 2.05) is 27.9 Å². The summed E-state index contributed by atoms with van der Waals surface area (Å²) in [5.41, 5.74) is -0.0728. The number of hydrogen-bond acceptors (Lipinski definition) is 3. The molecule has 0 bridgehead atoms. The lowest BCUT2D eigenvalue weighted by atomic mass is 9.84. The van der Waals surface area contributed by atoms with E-state index in [-0.39, 0.29) is 17.9 Å². The Hall–Kier alpha value is -1.30. The minimum Gasteiger partial charge on any atom is -0.481 e. The second kappa shape index (κ2) is 9.58. The number of amides is 2. The van der Waals surface area contributed by atoms with Gasteiger partial charge >= 0.3 is 12.0 Å². The second-order valence-electron chi connectivity index (χ2n) is 6.15. The fourth-order valence-electron chi connectivity index (χ4n) is 1.74. The van der Waals surface area contributed by atoms with Gasteiger partial charge in [-0.05, 0) is 45.3 Å². The number of nitrogens with zero attached hydrogens (tertiary/aromatic N) is 1. The van der Waals surface area contributed by atoms with Gasteiger partial charge in [-0.25, -0.2) is 4.79 Å². The first-order valence-corrected chi connectivity index (χ1v) is 7.11. The molecule has 0 aromatic carbocycles. The fourth-order valence-corrected chi connectivity index (χ4v) is 1.74. The van der Waals surface area contributed by atoms with Crippen LogP contribution in [0.4, 0.5) is 4.79 Å². The van der Waals surface area contributed by atoms with Crippen molar-refractivity contribution in [2.24, 2.45) is 5.41 Å². The summed E-state index contributed by atoms with van der Waals surface area (Å²) in [5, 5.41) is 14.3.